The Balaban J connectivity index is 1.61. The van der Waals surface area contributed by atoms with Gasteiger partial charge in [0, 0.05) is 24.9 Å². The van der Waals surface area contributed by atoms with E-state index in [-0.39, 0.29) is 6.61 Å². The van der Waals surface area contributed by atoms with Crippen molar-refractivity contribution in [2.75, 3.05) is 20.2 Å². The van der Waals surface area contributed by atoms with Crippen LogP contribution in [-0.4, -0.2) is 36.4 Å². The molecule has 0 amide bonds. The van der Waals surface area contributed by atoms with Gasteiger partial charge < -0.3 is 9.52 Å². The van der Waals surface area contributed by atoms with Gasteiger partial charge in [-0.15, -0.1) is 0 Å². The smallest absolute Gasteiger partial charge is 0.333 e. The van der Waals surface area contributed by atoms with Crippen molar-refractivity contribution >= 4 is 11.9 Å². The molecular weight excluding hydrogens is 314 g/mol. The molecule has 0 fully saturated rings. The van der Waals surface area contributed by atoms with Crippen LogP contribution in [0, 0.1) is 0 Å². The first-order valence-electron chi connectivity index (χ1n) is 8.22. The Morgan fingerprint density at radius 2 is 1.88 bits per heavy atom. The van der Waals surface area contributed by atoms with E-state index >= 15 is 0 Å². The van der Waals surface area contributed by atoms with Crippen LogP contribution in [0.5, 0.6) is 0 Å². The predicted octanol–water partition coefficient (Wildman–Crippen LogP) is 2.94. The zero-order valence-electron chi connectivity index (χ0n) is 14.2. The third-order valence-electron chi connectivity index (χ3n) is 3.90. The number of H-pyrrole nitrogens is 1. The van der Waals surface area contributed by atoms with Gasteiger partial charge in [-0.2, -0.15) is 4.98 Å². The maximum Gasteiger partial charge on any atom is 0.333 e. The first-order valence-corrected chi connectivity index (χ1v) is 8.22. The lowest BCUT2D eigenvalue weighted by Gasteiger charge is -2.14. The molecule has 1 aromatic heterocycles. The minimum atomic E-state index is 0.179. The molecule has 0 saturated carbocycles. The molecular formula is C20H22N3O2+. The Bertz CT molecular complexity index is 794. The minimum absolute atomic E-state index is 0.179. The molecule has 2 aromatic carbocycles. The number of oxazole rings is 1. The fourth-order valence-corrected chi connectivity index (χ4v) is 2.52. The SMILES string of the molecule is CN(CCO)Cc1ccc(C=Nc2ccc(-c3c[nH+]co3)cc2)cc1. The highest BCUT2D eigenvalue weighted by molar-refractivity contribution is 5.82. The number of benzene rings is 2. The van der Waals surface area contributed by atoms with Gasteiger partial charge >= 0.3 is 6.39 Å². The van der Waals surface area contributed by atoms with E-state index in [0.29, 0.717) is 6.54 Å². The molecule has 128 valence electrons. The topological polar surface area (TPSA) is 63.1 Å². The van der Waals surface area contributed by atoms with E-state index in [1.807, 2.05) is 43.7 Å². The Morgan fingerprint density at radius 1 is 1.12 bits per heavy atom. The van der Waals surface area contributed by atoms with Crippen LogP contribution in [0.15, 0.2) is 70.5 Å². The highest BCUT2D eigenvalue weighted by Crippen LogP contribution is 2.21. The average Bonchev–Trinajstić information content (AvgIpc) is 3.16. The molecule has 0 aliphatic heterocycles. The van der Waals surface area contributed by atoms with Gasteiger partial charge in [0.25, 0.3) is 0 Å². The molecule has 0 bridgehead atoms. The number of likely N-dealkylation sites (N-methyl/N-ethyl adjacent to an activating group) is 1. The van der Waals surface area contributed by atoms with Crippen molar-refractivity contribution in [2.24, 2.45) is 4.99 Å². The molecule has 1 heterocycles. The van der Waals surface area contributed by atoms with Gasteiger partial charge in [-0.25, -0.2) is 0 Å². The molecule has 3 aromatic rings. The molecule has 0 aliphatic carbocycles. The quantitative estimate of drug-likeness (QED) is 0.675. The van der Waals surface area contributed by atoms with Crippen LogP contribution in [0.4, 0.5) is 5.69 Å². The number of aliphatic hydroxyl groups is 1. The Morgan fingerprint density at radius 3 is 2.52 bits per heavy atom. The van der Waals surface area contributed by atoms with Gasteiger partial charge in [-0.3, -0.25) is 9.89 Å². The van der Waals surface area contributed by atoms with E-state index in [1.165, 1.54) is 5.56 Å². The molecule has 2 N–H and O–H groups in total. The molecule has 0 atom stereocenters. The lowest BCUT2D eigenvalue weighted by atomic mass is 10.1. The van der Waals surface area contributed by atoms with Crippen molar-refractivity contribution in [1.29, 1.82) is 0 Å². The van der Waals surface area contributed by atoms with Crippen molar-refractivity contribution in [2.45, 2.75) is 6.54 Å². The van der Waals surface area contributed by atoms with Gasteiger partial charge in [-0.1, -0.05) is 24.3 Å². The highest BCUT2D eigenvalue weighted by Gasteiger charge is 2.04. The zero-order chi connectivity index (χ0) is 17.5. The summed E-state index contributed by atoms with van der Waals surface area (Å²) in [6.45, 7) is 1.68. The fourth-order valence-electron chi connectivity index (χ4n) is 2.52. The first kappa shape index (κ1) is 17.1. The molecule has 25 heavy (non-hydrogen) atoms. The molecule has 0 spiro atoms. The Kier molecular flexibility index (Phi) is 5.72. The summed E-state index contributed by atoms with van der Waals surface area (Å²) in [5.41, 5.74) is 4.17. The zero-order valence-corrected chi connectivity index (χ0v) is 14.2. The van der Waals surface area contributed by atoms with Crippen molar-refractivity contribution in [3.05, 3.63) is 72.2 Å². The Hall–Kier alpha value is -2.76. The number of aliphatic hydroxyl groups excluding tert-OH is 1. The summed E-state index contributed by atoms with van der Waals surface area (Å²) in [4.78, 5) is 9.50. The number of aromatic amines is 1. The van der Waals surface area contributed by atoms with Gasteiger partial charge in [0.2, 0.25) is 12.0 Å². The van der Waals surface area contributed by atoms with E-state index in [9.17, 15) is 0 Å². The van der Waals surface area contributed by atoms with Crippen LogP contribution in [0.25, 0.3) is 11.3 Å². The largest absolute Gasteiger partial charge is 0.404 e. The molecule has 5 nitrogen and oxygen atoms in total. The number of rotatable bonds is 7. The van der Waals surface area contributed by atoms with Crippen LogP contribution in [0.1, 0.15) is 11.1 Å². The number of aliphatic imine (C=N–C) groups is 1. The summed E-state index contributed by atoms with van der Waals surface area (Å²) in [5.74, 6) is 0.803. The predicted molar refractivity (Wildman–Crippen MR) is 97.8 cm³/mol. The van der Waals surface area contributed by atoms with Gasteiger partial charge in [-0.05, 0) is 42.4 Å². The van der Waals surface area contributed by atoms with Crippen molar-refractivity contribution in [3.63, 3.8) is 0 Å². The number of aromatic nitrogens is 1. The van der Waals surface area contributed by atoms with Gasteiger partial charge in [0.05, 0.1) is 12.3 Å². The molecule has 0 saturated heterocycles. The second-order valence-electron chi connectivity index (χ2n) is 5.92. The summed E-state index contributed by atoms with van der Waals surface area (Å²) in [7, 11) is 2.00. The van der Waals surface area contributed by atoms with Crippen LogP contribution < -0.4 is 4.98 Å². The molecule has 0 radical (unpaired) electrons. The summed E-state index contributed by atoms with van der Waals surface area (Å²) in [6.07, 6.45) is 5.22. The summed E-state index contributed by atoms with van der Waals surface area (Å²) < 4.78 is 5.33. The molecule has 5 heteroatoms. The van der Waals surface area contributed by atoms with Crippen LogP contribution >= 0.6 is 0 Å². The van der Waals surface area contributed by atoms with Crippen LogP contribution in [0.3, 0.4) is 0 Å². The van der Waals surface area contributed by atoms with E-state index < -0.39 is 0 Å². The highest BCUT2D eigenvalue weighted by atomic mass is 16.3. The number of nitrogens with one attached hydrogen (secondary N) is 1. The summed E-state index contributed by atoms with van der Waals surface area (Å²) in [6, 6.07) is 16.2. The average molecular weight is 336 g/mol. The fraction of sp³-hybridized carbons (Fsp3) is 0.200. The third-order valence-corrected chi connectivity index (χ3v) is 3.90. The monoisotopic (exact) mass is 336 g/mol. The second-order valence-corrected chi connectivity index (χ2v) is 5.92. The van der Waals surface area contributed by atoms with E-state index in [4.69, 9.17) is 9.52 Å². The molecule has 0 unspecified atom stereocenters. The lowest BCUT2D eigenvalue weighted by Crippen LogP contribution is -2.21. The number of hydrogen-bond donors (Lipinski definition) is 1. The number of nitrogens with zero attached hydrogens (tertiary/aromatic N) is 2. The minimum Gasteiger partial charge on any atom is -0.404 e. The molecule has 3 rings (SSSR count). The molecule has 0 aliphatic rings. The summed E-state index contributed by atoms with van der Waals surface area (Å²) >= 11 is 0. The first-order chi connectivity index (χ1) is 12.2. The normalized spacial score (nSPS) is 11.5. The second kappa shape index (κ2) is 8.37. The van der Waals surface area contributed by atoms with E-state index in [0.717, 1.165) is 29.1 Å². The standard InChI is InChI=1S/C20H21N3O2/c1-23(10-11-24)14-17-4-2-16(3-5-17)12-22-19-8-6-18(7-9-19)20-13-21-15-25-20/h2-9,12-13,15,24H,10-11,14H2,1H3/p+1. The van der Waals surface area contributed by atoms with Crippen molar-refractivity contribution < 1.29 is 14.5 Å². The van der Waals surface area contributed by atoms with Crippen LogP contribution in [0.2, 0.25) is 0 Å². The van der Waals surface area contributed by atoms with Crippen molar-refractivity contribution in [3.8, 4) is 11.3 Å². The van der Waals surface area contributed by atoms with E-state index in [1.54, 1.807) is 6.39 Å². The number of hydrogen-bond acceptors (Lipinski definition) is 4. The van der Waals surface area contributed by atoms with Gasteiger partial charge in [0.1, 0.15) is 0 Å². The summed E-state index contributed by atoms with van der Waals surface area (Å²) in [5, 5.41) is 8.94. The van der Waals surface area contributed by atoms with E-state index in [2.05, 4.69) is 39.1 Å². The Labute approximate surface area is 147 Å². The maximum absolute atomic E-state index is 8.94. The maximum atomic E-state index is 8.94. The lowest BCUT2D eigenvalue weighted by molar-refractivity contribution is -0.383. The van der Waals surface area contributed by atoms with Crippen molar-refractivity contribution in [1.82, 2.24) is 4.90 Å². The third kappa shape index (κ3) is 4.86. The van der Waals surface area contributed by atoms with Crippen LogP contribution in [-0.2, 0) is 6.54 Å². The van der Waals surface area contributed by atoms with Gasteiger partial charge in [0.15, 0.2) is 0 Å².